The summed E-state index contributed by atoms with van der Waals surface area (Å²) < 4.78 is 3.51. The number of benzene rings is 2. The maximum Gasteiger partial charge on any atom is 0.151 e. The normalized spacial score (nSPS) is 10.6. The van der Waals surface area contributed by atoms with Gasteiger partial charge in [-0.25, -0.2) is 0 Å². The molecule has 2 aromatic carbocycles. The smallest absolute Gasteiger partial charge is 0.151 e. The van der Waals surface area contributed by atoms with Crippen molar-refractivity contribution in [2.75, 3.05) is 0 Å². The van der Waals surface area contributed by atoms with Crippen molar-refractivity contribution >= 4 is 84.8 Å². The fourth-order valence-electron chi connectivity index (χ4n) is 1.39. The number of carbonyl (C=O) groups is 1. The van der Waals surface area contributed by atoms with Gasteiger partial charge in [-0.3, -0.25) is 4.79 Å². The Hall–Kier alpha value is 0.560. The van der Waals surface area contributed by atoms with Gasteiger partial charge in [0.15, 0.2) is 6.29 Å². The van der Waals surface area contributed by atoms with Crippen LogP contribution in [0.5, 0.6) is 0 Å². The number of fused-ring (bicyclic) bond motifs is 1. The first kappa shape index (κ1) is 12.0. The van der Waals surface area contributed by atoms with E-state index in [1.807, 2.05) is 12.1 Å². The zero-order valence-electron chi connectivity index (χ0n) is 7.43. The zero-order chi connectivity index (χ0) is 11.0. The average molecular weight is 534 g/mol. The molecule has 0 saturated carbocycles. The summed E-state index contributed by atoms with van der Waals surface area (Å²) in [5, 5.41) is 2.35. The summed E-state index contributed by atoms with van der Waals surface area (Å²) in [5.41, 5.74) is 0.764. The standard InChI is InChI=1S/C11H5I3O/c12-9-3-6-1-2-7(5-15)11(14)8(6)4-10(9)13/h1-5H. The molecule has 0 heterocycles. The second kappa shape index (κ2) is 4.82. The third-order valence-electron chi connectivity index (χ3n) is 2.15. The molecule has 2 rings (SSSR count). The molecule has 0 aliphatic heterocycles. The first-order chi connectivity index (χ1) is 7.13. The number of aldehydes is 1. The Morgan fingerprint density at radius 2 is 1.67 bits per heavy atom. The van der Waals surface area contributed by atoms with Crippen molar-refractivity contribution in [3.8, 4) is 0 Å². The van der Waals surface area contributed by atoms with Crippen molar-refractivity contribution in [1.29, 1.82) is 0 Å². The van der Waals surface area contributed by atoms with Crippen molar-refractivity contribution in [2.45, 2.75) is 0 Å². The molecule has 0 aliphatic carbocycles. The molecule has 0 radical (unpaired) electrons. The van der Waals surface area contributed by atoms with E-state index in [0.717, 1.165) is 20.8 Å². The van der Waals surface area contributed by atoms with Crippen LogP contribution in [0.4, 0.5) is 0 Å². The lowest BCUT2D eigenvalue weighted by molar-refractivity contribution is 0.112. The molecule has 76 valence electrons. The first-order valence-electron chi connectivity index (χ1n) is 4.16. The van der Waals surface area contributed by atoms with Gasteiger partial charge >= 0.3 is 0 Å². The molecule has 0 amide bonds. The van der Waals surface area contributed by atoms with Crippen LogP contribution in [0.2, 0.25) is 0 Å². The summed E-state index contributed by atoms with van der Waals surface area (Å²) in [7, 11) is 0. The van der Waals surface area contributed by atoms with Gasteiger partial charge in [0.25, 0.3) is 0 Å². The highest BCUT2D eigenvalue weighted by Crippen LogP contribution is 2.28. The van der Waals surface area contributed by atoms with Crippen LogP contribution >= 0.6 is 67.8 Å². The third kappa shape index (κ3) is 2.31. The number of hydrogen-bond donors (Lipinski definition) is 0. The van der Waals surface area contributed by atoms with E-state index < -0.39 is 0 Å². The Kier molecular flexibility index (Phi) is 3.87. The predicted molar refractivity (Wildman–Crippen MR) is 87.5 cm³/mol. The van der Waals surface area contributed by atoms with Crippen LogP contribution in [0.15, 0.2) is 24.3 Å². The molecule has 0 aliphatic rings. The number of hydrogen-bond acceptors (Lipinski definition) is 1. The highest BCUT2D eigenvalue weighted by atomic mass is 127. The minimum absolute atomic E-state index is 0.764. The lowest BCUT2D eigenvalue weighted by Gasteiger charge is -2.05. The van der Waals surface area contributed by atoms with E-state index in [4.69, 9.17) is 0 Å². The van der Waals surface area contributed by atoms with Gasteiger partial charge in [-0.05, 0) is 96.7 Å². The quantitative estimate of drug-likeness (QED) is 0.391. The summed E-state index contributed by atoms with van der Waals surface area (Å²) in [6, 6.07) is 8.15. The van der Waals surface area contributed by atoms with Gasteiger partial charge in [-0.1, -0.05) is 6.07 Å². The Balaban J connectivity index is 2.87. The fraction of sp³-hybridized carbons (Fsp3) is 0. The largest absolute Gasteiger partial charge is 0.298 e. The van der Waals surface area contributed by atoms with Crippen LogP contribution in [0, 0.1) is 10.7 Å². The van der Waals surface area contributed by atoms with Crippen LogP contribution in [0.1, 0.15) is 10.4 Å². The predicted octanol–water partition coefficient (Wildman–Crippen LogP) is 4.47. The molecule has 0 aromatic heterocycles. The average Bonchev–Trinajstić information content (AvgIpc) is 2.22. The first-order valence-corrected chi connectivity index (χ1v) is 7.39. The van der Waals surface area contributed by atoms with Crippen molar-refractivity contribution < 1.29 is 4.79 Å². The van der Waals surface area contributed by atoms with Gasteiger partial charge in [0.2, 0.25) is 0 Å². The lowest BCUT2D eigenvalue weighted by atomic mass is 10.1. The van der Waals surface area contributed by atoms with Gasteiger partial charge in [0.05, 0.1) is 0 Å². The molecule has 0 bridgehead atoms. The van der Waals surface area contributed by atoms with Crippen molar-refractivity contribution in [3.05, 3.63) is 40.5 Å². The van der Waals surface area contributed by atoms with Crippen LogP contribution in [-0.2, 0) is 0 Å². The molecule has 1 nitrogen and oxygen atoms in total. The lowest BCUT2D eigenvalue weighted by Crippen LogP contribution is -1.89. The summed E-state index contributed by atoms with van der Waals surface area (Å²) in [4.78, 5) is 10.8. The Morgan fingerprint density at radius 1 is 1.00 bits per heavy atom. The fourth-order valence-corrected chi connectivity index (χ4v) is 3.12. The molecular weight excluding hydrogens is 529 g/mol. The second-order valence-corrected chi connectivity index (χ2v) is 6.48. The van der Waals surface area contributed by atoms with Crippen molar-refractivity contribution in [3.63, 3.8) is 0 Å². The second-order valence-electron chi connectivity index (χ2n) is 3.07. The Labute approximate surface area is 128 Å². The minimum atomic E-state index is 0.764. The Morgan fingerprint density at radius 3 is 2.33 bits per heavy atom. The molecule has 4 heteroatoms. The van der Waals surface area contributed by atoms with Crippen LogP contribution in [0.3, 0.4) is 0 Å². The third-order valence-corrected chi connectivity index (χ3v) is 6.17. The van der Waals surface area contributed by atoms with Crippen LogP contribution in [-0.4, -0.2) is 6.29 Å². The monoisotopic (exact) mass is 534 g/mol. The van der Waals surface area contributed by atoms with Crippen LogP contribution in [0.25, 0.3) is 10.8 Å². The van der Waals surface area contributed by atoms with E-state index in [0.29, 0.717) is 0 Å². The number of rotatable bonds is 1. The molecular formula is C11H5I3O. The van der Waals surface area contributed by atoms with Gasteiger partial charge in [0, 0.05) is 16.3 Å². The van der Waals surface area contributed by atoms with Gasteiger partial charge in [-0.2, -0.15) is 0 Å². The van der Waals surface area contributed by atoms with Crippen molar-refractivity contribution in [2.24, 2.45) is 0 Å². The maximum atomic E-state index is 10.8. The van der Waals surface area contributed by atoms with Gasteiger partial charge in [-0.15, -0.1) is 0 Å². The molecule has 0 fully saturated rings. The summed E-state index contributed by atoms with van der Waals surface area (Å²) in [6.45, 7) is 0. The highest BCUT2D eigenvalue weighted by molar-refractivity contribution is 14.1. The van der Waals surface area contributed by atoms with Crippen molar-refractivity contribution in [1.82, 2.24) is 0 Å². The maximum absolute atomic E-state index is 10.8. The van der Waals surface area contributed by atoms with Gasteiger partial charge in [0.1, 0.15) is 0 Å². The van der Waals surface area contributed by atoms with E-state index in [1.165, 1.54) is 12.5 Å². The molecule has 0 unspecified atom stereocenters. The molecule has 0 spiro atoms. The minimum Gasteiger partial charge on any atom is -0.298 e. The van der Waals surface area contributed by atoms with E-state index in [1.54, 1.807) is 0 Å². The van der Waals surface area contributed by atoms with E-state index >= 15 is 0 Å². The summed E-state index contributed by atoms with van der Waals surface area (Å²) >= 11 is 6.87. The molecule has 2 aromatic rings. The number of carbonyl (C=O) groups excluding carboxylic acids is 1. The summed E-state index contributed by atoms with van der Waals surface area (Å²) in [6.07, 6.45) is 0.909. The molecule has 0 atom stereocenters. The molecule has 15 heavy (non-hydrogen) atoms. The summed E-state index contributed by atoms with van der Waals surface area (Å²) in [5.74, 6) is 0. The van der Waals surface area contributed by atoms with Crippen LogP contribution < -0.4 is 0 Å². The number of halogens is 3. The zero-order valence-corrected chi connectivity index (χ0v) is 13.9. The van der Waals surface area contributed by atoms with E-state index in [-0.39, 0.29) is 0 Å². The highest BCUT2D eigenvalue weighted by Gasteiger charge is 2.06. The van der Waals surface area contributed by atoms with E-state index in [2.05, 4.69) is 79.9 Å². The SMILES string of the molecule is O=Cc1ccc2cc(I)c(I)cc2c1I. The van der Waals surface area contributed by atoms with Gasteiger partial charge < -0.3 is 0 Å². The van der Waals surface area contributed by atoms with E-state index in [9.17, 15) is 4.79 Å². The topological polar surface area (TPSA) is 17.1 Å². The molecule has 0 N–H and O–H groups in total. The Bertz CT molecular complexity index is 549. The molecule has 0 saturated heterocycles.